The maximum atomic E-state index is 12.3. The Hall–Kier alpha value is -3.06. The van der Waals surface area contributed by atoms with E-state index in [1.54, 1.807) is 13.3 Å². The molecule has 1 aliphatic rings. The van der Waals surface area contributed by atoms with E-state index in [2.05, 4.69) is 10.3 Å². The highest BCUT2D eigenvalue weighted by Crippen LogP contribution is 2.33. The normalized spacial score (nSPS) is 13.1. The third-order valence-corrected chi connectivity index (χ3v) is 5.15. The first-order chi connectivity index (χ1) is 14.7. The quantitative estimate of drug-likeness (QED) is 0.544. The van der Waals surface area contributed by atoms with Crippen molar-refractivity contribution in [3.63, 3.8) is 0 Å². The summed E-state index contributed by atoms with van der Waals surface area (Å²) in [5.74, 6) is 2.03. The number of hydrogen-bond donors (Lipinski definition) is 1. The van der Waals surface area contributed by atoms with E-state index in [1.165, 1.54) is 18.4 Å². The van der Waals surface area contributed by atoms with Crippen molar-refractivity contribution in [1.82, 2.24) is 10.3 Å². The van der Waals surface area contributed by atoms with Crippen LogP contribution in [0.1, 0.15) is 29.7 Å². The fraction of sp³-hybridized carbons (Fsp3) is 0.391. The summed E-state index contributed by atoms with van der Waals surface area (Å²) in [6.45, 7) is 1.12. The van der Waals surface area contributed by atoms with Crippen molar-refractivity contribution in [2.24, 2.45) is 0 Å². The molecule has 0 fully saturated rings. The molecular weight excluding hydrogens is 384 g/mol. The van der Waals surface area contributed by atoms with Gasteiger partial charge < -0.3 is 23.9 Å². The number of furan rings is 1. The molecule has 1 amide bonds. The fourth-order valence-electron chi connectivity index (χ4n) is 3.64. The average molecular weight is 410 g/mol. The summed E-state index contributed by atoms with van der Waals surface area (Å²) in [6.07, 6.45) is 6.04. The van der Waals surface area contributed by atoms with Crippen molar-refractivity contribution in [3.8, 4) is 11.6 Å². The Bertz CT molecular complexity index is 1010. The molecule has 2 aromatic heterocycles. The third-order valence-electron chi connectivity index (χ3n) is 5.15. The van der Waals surface area contributed by atoms with Crippen LogP contribution in [0.4, 0.5) is 0 Å². The lowest BCUT2D eigenvalue weighted by Gasteiger charge is -2.11. The van der Waals surface area contributed by atoms with Gasteiger partial charge in [0.1, 0.15) is 23.7 Å². The van der Waals surface area contributed by atoms with Crippen LogP contribution in [0.25, 0.3) is 11.0 Å². The van der Waals surface area contributed by atoms with Crippen LogP contribution in [-0.2, 0) is 28.9 Å². The van der Waals surface area contributed by atoms with Gasteiger partial charge in [0.15, 0.2) is 6.61 Å². The SMILES string of the molecule is COCCOc1ncccc1CNC(=O)COc1ccc2oc3c(c2c1)CCCC3. The largest absolute Gasteiger partial charge is 0.484 e. The summed E-state index contributed by atoms with van der Waals surface area (Å²) in [6, 6.07) is 9.40. The lowest BCUT2D eigenvalue weighted by molar-refractivity contribution is -0.123. The Balaban J connectivity index is 1.32. The van der Waals surface area contributed by atoms with Crippen LogP contribution in [0, 0.1) is 0 Å². The number of nitrogens with one attached hydrogen (secondary N) is 1. The van der Waals surface area contributed by atoms with Crippen LogP contribution < -0.4 is 14.8 Å². The number of methoxy groups -OCH3 is 1. The molecule has 1 aromatic carbocycles. The number of aromatic nitrogens is 1. The second-order valence-electron chi connectivity index (χ2n) is 7.24. The second-order valence-corrected chi connectivity index (χ2v) is 7.24. The number of benzene rings is 1. The zero-order valence-corrected chi connectivity index (χ0v) is 17.1. The molecule has 7 heteroatoms. The van der Waals surface area contributed by atoms with Gasteiger partial charge in [-0.2, -0.15) is 0 Å². The monoisotopic (exact) mass is 410 g/mol. The van der Waals surface area contributed by atoms with Crippen molar-refractivity contribution in [2.45, 2.75) is 32.2 Å². The molecule has 30 heavy (non-hydrogen) atoms. The first-order valence-corrected chi connectivity index (χ1v) is 10.2. The summed E-state index contributed by atoms with van der Waals surface area (Å²) in [5, 5.41) is 3.94. The van der Waals surface area contributed by atoms with Gasteiger partial charge in [0.25, 0.3) is 5.91 Å². The molecule has 7 nitrogen and oxygen atoms in total. The van der Waals surface area contributed by atoms with Crippen molar-refractivity contribution in [2.75, 3.05) is 26.9 Å². The molecule has 2 heterocycles. The summed E-state index contributed by atoms with van der Waals surface area (Å²) in [5.41, 5.74) is 2.97. The first kappa shape index (κ1) is 20.2. The first-order valence-electron chi connectivity index (χ1n) is 10.2. The molecule has 4 rings (SSSR count). The summed E-state index contributed by atoms with van der Waals surface area (Å²) in [4.78, 5) is 16.5. The molecule has 0 atom stereocenters. The lowest BCUT2D eigenvalue weighted by atomic mass is 9.96. The number of amides is 1. The van der Waals surface area contributed by atoms with Crippen molar-refractivity contribution >= 4 is 16.9 Å². The Morgan fingerprint density at radius 3 is 2.97 bits per heavy atom. The number of fused-ring (bicyclic) bond motifs is 3. The minimum Gasteiger partial charge on any atom is -0.484 e. The Morgan fingerprint density at radius 2 is 2.07 bits per heavy atom. The molecule has 0 spiro atoms. The average Bonchev–Trinajstić information content (AvgIpc) is 3.15. The van der Waals surface area contributed by atoms with Gasteiger partial charge in [-0.1, -0.05) is 6.07 Å². The van der Waals surface area contributed by atoms with E-state index in [4.69, 9.17) is 18.6 Å². The molecule has 1 aliphatic carbocycles. The van der Waals surface area contributed by atoms with E-state index in [1.807, 2.05) is 30.3 Å². The van der Waals surface area contributed by atoms with E-state index in [9.17, 15) is 4.79 Å². The lowest BCUT2D eigenvalue weighted by Crippen LogP contribution is -2.28. The standard InChI is InChI=1S/C23H26N2O5/c1-27-11-12-28-23-16(5-4-10-24-23)14-25-22(26)15-29-17-8-9-21-19(13-17)18-6-2-3-7-20(18)30-21/h4-5,8-10,13H,2-3,6-7,11-12,14-15H2,1H3,(H,25,26). The van der Waals surface area contributed by atoms with E-state index in [0.29, 0.717) is 31.4 Å². The summed E-state index contributed by atoms with van der Waals surface area (Å²) < 4.78 is 22.2. The predicted octanol–water partition coefficient (Wildman–Crippen LogP) is 3.43. The van der Waals surface area contributed by atoms with E-state index in [0.717, 1.165) is 35.1 Å². The zero-order valence-electron chi connectivity index (χ0n) is 17.1. The minimum atomic E-state index is -0.212. The highest BCUT2D eigenvalue weighted by molar-refractivity contribution is 5.84. The van der Waals surface area contributed by atoms with Gasteiger partial charge in [-0.25, -0.2) is 4.98 Å². The van der Waals surface area contributed by atoms with E-state index < -0.39 is 0 Å². The number of hydrogen-bond acceptors (Lipinski definition) is 6. The molecule has 0 radical (unpaired) electrons. The summed E-state index contributed by atoms with van der Waals surface area (Å²) in [7, 11) is 1.61. The molecule has 0 aliphatic heterocycles. The van der Waals surface area contributed by atoms with Crippen LogP contribution >= 0.6 is 0 Å². The maximum absolute atomic E-state index is 12.3. The van der Waals surface area contributed by atoms with E-state index >= 15 is 0 Å². The highest BCUT2D eigenvalue weighted by atomic mass is 16.5. The molecule has 0 saturated heterocycles. The molecule has 0 unspecified atom stereocenters. The zero-order chi connectivity index (χ0) is 20.8. The maximum Gasteiger partial charge on any atom is 0.258 e. The van der Waals surface area contributed by atoms with Crippen LogP contribution in [0.5, 0.6) is 11.6 Å². The van der Waals surface area contributed by atoms with Crippen molar-refractivity contribution in [1.29, 1.82) is 0 Å². The van der Waals surface area contributed by atoms with Crippen molar-refractivity contribution in [3.05, 3.63) is 53.4 Å². The van der Waals surface area contributed by atoms with Crippen LogP contribution in [0.15, 0.2) is 40.9 Å². The number of nitrogens with zero attached hydrogens (tertiary/aromatic N) is 1. The van der Waals surface area contributed by atoms with Crippen molar-refractivity contribution < 1.29 is 23.4 Å². The Kier molecular flexibility index (Phi) is 6.49. The summed E-state index contributed by atoms with van der Waals surface area (Å²) >= 11 is 0. The van der Waals surface area contributed by atoms with Gasteiger partial charge in [0.2, 0.25) is 5.88 Å². The van der Waals surface area contributed by atoms with Gasteiger partial charge in [0.05, 0.1) is 6.61 Å². The number of carbonyl (C=O) groups is 1. The molecule has 3 aromatic rings. The molecule has 1 N–H and O–H groups in total. The van der Waals surface area contributed by atoms with Gasteiger partial charge in [-0.3, -0.25) is 4.79 Å². The van der Waals surface area contributed by atoms with Crippen LogP contribution in [0.3, 0.4) is 0 Å². The molecular formula is C23H26N2O5. The number of aryl methyl sites for hydroxylation is 2. The molecule has 0 saturated carbocycles. The molecule has 0 bridgehead atoms. The third kappa shape index (κ3) is 4.74. The fourth-order valence-corrected chi connectivity index (χ4v) is 3.64. The van der Waals surface area contributed by atoms with Crippen LogP contribution in [0.2, 0.25) is 0 Å². The molecule has 158 valence electrons. The Morgan fingerprint density at radius 1 is 1.17 bits per heavy atom. The van der Waals surface area contributed by atoms with Crippen LogP contribution in [-0.4, -0.2) is 37.8 Å². The smallest absolute Gasteiger partial charge is 0.258 e. The number of ether oxygens (including phenoxy) is 3. The van der Waals surface area contributed by atoms with E-state index in [-0.39, 0.29) is 12.5 Å². The number of pyridine rings is 1. The highest BCUT2D eigenvalue weighted by Gasteiger charge is 2.18. The van der Waals surface area contributed by atoms with Gasteiger partial charge in [-0.15, -0.1) is 0 Å². The number of carbonyl (C=O) groups excluding carboxylic acids is 1. The topological polar surface area (TPSA) is 82.8 Å². The van der Waals surface area contributed by atoms with Gasteiger partial charge >= 0.3 is 0 Å². The predicted molar refractivity (Wildman–Crippen MR) is 112 cm³/mol. The number of rotatable bonds is 9. The van der Waals surface area contributed by atoms with Gasteiger partial charge in [0, 0.05) is 42.8 Å². The Labute approximate surface area is 175 Å². The minimum absolute atomic E-state index is 0.0638. The second kappa shape index (κ2) is 9.63. The van der Waals surface area contributed by atoms with Gasteiger partial charge in [-0.05, 0) is 43.5 Å².